The van der Waals surface area contributed by atoms with Gasteiger partial charge in [0.25, 0.3) is 0 Å². The first-order chi connectivity index (χ1) is 7.36. The van der Waals surface area contributed by atoms with Crippen molar-refractivity contribution in [2.75, 3.05) is 0 Å². The van der Waals surface area contributed by atoms with Gasteiger partial charge in [-0.05, 0) is 37.0 Å². The molecule has 0 heterocycles. The van der Waals surface area contributed by atoms with Crippen molar-refractivity contribution >= 4 is 21.9 Å². The summed E-state index contributed by atoms with van der Waals surface area (Å²) in [7, 11) is 0. The number of rotatable bonds is 4. The van der Waals surface area contributed by atoms with Gasteiger partial charge in [0.2, 0.25) is 0 Å². The zero-order valence-electron chi connectivity index (χ0n) is 9.83. The van der Waals surface area contributed by atoms with Gasteiger partial charge >= 0.3 is 5.97 Å². The number of halogens is 1. The smallest absolute Gasteiger partial charge is 0.309 e. The monoisotopic (exact) mass is 284 g/mol. The van der Waals surface area contributed by atoms with Crippen molar-refractivity contribution < 1.29 is 9.90 Å². The van der Waals surface area contributed by atoms with E-state index in [4.69, 9.17) is 0 Å². The minimum atomic E-state index is -0.734. The first kappa shape index (κ1) is 13.2. The second-order valence-electron chi connectivity index (χ2n) is 4.68. The van der Waals surface area contributed by atoms with E-state index in [1.165, 1.54) is 0 Å². The van der Waals surface area contributed by atoms with Crippen LogP contribution in [0.4, 0.5) is 0 Å². The van der Waals surface area contributed by atoms with E-state index in [0.717, 1.165) is 10.0 Å². The van der Waals surface area contributed by atoms with Crippen molar-refractivity contribution in [2.45, 2.75) is 27.2 Å². The maximum atomic E-state index is 11.3. The number of carbonyl (C=O) groups is 1. The Hall–Kier alpha value is -0.830. The van der Waals surface area contributed by atoms with Gasteiger partial charge in [0.1, 0.15) is 0 Å². The Bertz CT molecular complexity index is 387. The molecule has 0 aliphatic heterocycles. The van der Waals surface area contributed by atoms with Crippen molar-refractivity contribution in [3.05, 3.63) is 34.3 Å². The van der Waals surface area contributed by atoms with E-state index in [9.17, 15) is 9.90 Å². The Morgan fingerprint density at radius 1 is 1.50 bits per heavy atom. The molecule has 16 heavy (non-hydrogen) atoms. The fourth-order valence-corrected chi connectivity index (χ4v) is 2.04. The van der Waals surface area contributed by atoms with Crippen LogP contribution in [0.5, 0.6) is 0 Å². The van der Waals surface area contributed by atoms with Gasteiger partial charge in [-0.2, -0.15) is 0 Å². The quantitative estimate of drug-likeness (QED) is 0.915. The molecule has 0 spiro atoms. The van der Waals surface area contributed by atoms with Gasteiger partial charge in [-0.15, -0.1) is 0 Å². The number of hydrogen-bond acceptors (Lipinski definition) is 1. The van der Waals surface area contributed by atoms with E-state index in [1.54, 1.807) is 6.92 Å². The molecule has 1 atom stereocenters. The zero-order chi connectivity index (χ0) is 12.3. The van der Waals surface area contributed by atoms with Gasteiger partial charge in [-0.1, -0.05) is 41.9 Å². The molecule has 88 valence electrons. The summed E-state index contributed by atoms with van der Waals surface area (Å²) < 4.78 is 0.987. The summed E-state index contributed by atoms with van der Waals surface area (Å²) in [4.78, 5) is 11.3. The molecular weight excluding hydrogens is 268 g/mol. The van der Waals surface area contributed by atoms with Crippen LogP contribution in [0.25, 0.3) is 0 Å². The summed E-state index contributed by atoms with van der Waals surface area (Å²) in [6, 6.07) is 7.82. The highest BCUT2D eigenvalue weighted by molar-refractivity contribution is 9.10. The Kier molecular flexibility index (Phi) is 4.14. The highest BCUT2D eigenvalue weighted by Crippen LogP contribution is 2.32. The SMILES string of the molecule is CC(C)C(C)(Cc1cccc(Br)c1)C(=O)O. The highest BCUT2D eigenvalue weighted by Gasteiger charge is 2.36. The normalized spacial score (nSPS) is 14.8. The molecule has 1 N–H and O–H groups in total. The second-order valence-corrected chi connectivity index (χ2v) is 5.60. The maximum Gasteiger partial charge on any atom is 0.309 e. The molecule has 0 saturated carbocycles. The molecule has 0 bridgehead atoms. The Morgan fingerprint density at radius 3 is 2.56 bits per heavy atom. The van der Waals surface area contributed by atoms with Crippen LogP contribution >= 0.6 is 15.9 Å². The molecule has 2 nitrogen and oxygen atoms in total. The predicted octanol–water partition coefficient (Wildman–Crippen LogP) is 3.74. The maximum absolute atomic E-state index is 11.3. The standard InChI is InChI=1S/C13H17BrO2/c1-9(2)13(3,12(15)16)8-10-5-4-6-11(14)7-10/h4-7,9H,8H2,1-3H3,(H,15,16). The fraction of sp³-hybridized carbons (Fsp3) is 0.462. The average Bonchev–Trinajstić information content (AvgIpc) is 2.16. The van der Waals surface area contributed by atoms with Crippen molar-refractivity contribution in [3.63, 3.8) is 0 Å². The van der Waals surface area contributed by atoms with Crippen LogP contribution in [-0.2, 0) is 11.2 Å². The molecule has 0 fully saturated rings. The summed E-state index contributed by atoms with van der Waals surface area (Å²) in [5.41, 5.74) is 0.342. The zero-order valence-corrected chi connectivity index (χ0v) is 11.4. The minimum Gasteiger partial charge on any atom is -0.481 e. The third kappa shape index (κ3) is 2.85. The first-order valence-corrected chi connectivity index (χ1v) is 6.13. The van der Waals surface area contributed by atoms with Crippen LogP contribution in [0.3, 0.4) is 0 Å². The van der Waals surface area contributed by atoms with Gasteiger partial charge in [-0.3, -0.25) is 4.79 Å². The fourth-order valence-electron chi connectivity index (χ4n) is 1.60. The molecule has 1 aromatic carbocycles. The second kappa shape index (κ2) is 5.00. The lowest BCUT2D eigenvalue weighted by Gasteiger charge is -2.29. The topological polar surface area (TPSA) is 37.3 Å². The molecule has 0 aromatic heterocycles. The lowest BCUT2D eigenvalue weighted by atomic mass is 9.74. The highest BCUT2D eigenvalue weighted by atomic mass is 79.9. The van der Waals surface area contributed by atoms with Crippen molar-refractivity contribution in [1.82, 2.24) is 0 Å². The number of aliphatic carboxylic acids is 1. The summed E-state index contributed by atoms with van der Waals surface area (Å²) in [5, 5.41) is 9.32. The molecule has 1 unspecified atom stereocenters. The summed E-state index contributed by atoms with van der Waals surface area (Å²) in [5.74, 6) is -0.633. The van der Waals surface area contributed by atoms with Gasteiger partial charge in [0, 0.05) is 4.47 Å². The van der Waals surface area contributed by atoms with Crippen LogP contribution in [0.2, 0.25) is 0 Å². The van der Waals surface area contributed by atoms with E-state index in [2.05, 4.69) is 15.9 Å². The molecule has 0 radical (unpaired) electrons. The Balaban J connectivity index is 2.97. The van der Waals surface area contributed by atoms with Gasteiger partial charge in [0.15, 0.2) is 0 Å². The molecule has 0 aliphatic carbocycles. The molecule has 3 heteroatoms. The van der Waals surface area contributed by atoms with Crippen LogP contribution in [0.15, 0.2) is 28.7 Å². The van der Waals surface area contributed by atoms with Crippen LogP contribution in [-0.4, -0.2) is 11.1 Å². The Morgan fingerprint density at radius 2 is 2.12 bits per heavy atom. The average molecular weight is 285 g/mol. The molecule has 1 aromatic rings. The minimum absolute atomic E-state index is 0.101. The number of carboxylic acids is 1. The van der Waals surface area contributed by atoms with Gasteiger partial charge in [0.05, 0.1) is 5.41 Å². The van der Waals surface area contributed by atoms with E-state index >= 15 is 0 Å². The van der Waals surface area contributed by atoms with Crippen LogP contribution in [0.1, 0.15) is 26.3 Å². The van der Waals surface area contributed by atoms with Crippen molar-refractivity contribution in [1.29, 1.82) is 0 Å². The summed E-state index contributed by atoms with van der Waals surface area (Å²) >= 11 is 3.40. The molecule has 0 amide bonds. The van der Waals surface area contributed by atoms with E-state index in [0.29, 0.717) is 6.42 Å². The lowest BCUT2D eigenvalue weighted by molar-refractivity contribution is -0.150. The first-order valence-electron chi connectivity index (χ1n) is 5.34. The predicted molar refractivity (Wildman–Crippen MR) is 68.4 cm³/mol. The largest absolute Gasteiger partial charge is 0.481 e. The number of benzene rings is 1. The third-order valence-electron chi connectivity index (χ3n) is 3.22. The van der Waals surface area contributed by atoms with Crippen molar-refractivity contribution in [2.24, 2.45) is 11.3 Å². The van der Waals surface area contributed by atoms with Gasteiger partial charge < -0.3 is 5.11 Å². The van der Waals surface area contributed by atoms with Gasteiger partial charge in [-0.25, -0.2) is 0 Å². The van der Waals surface area contributed by atoms with Crippen LogP contribution in [0, 0.1) is 11.3 Å². The number of hydrogen-bond donors (Lipinski definition) is 1. The Labute approximate surface area is 105 Å². The third-order valence-corrected chi connectivity index (χ3v) is 3.72. The molecule has 0 saturated heterocycles. The van der Waals surface area contributed by atoms with E-state index < -0.39 is 11.4 Å². The lowest BCUT2D eigenvalue weighted by Crippen LogP contribution is -2.35. The number of carboxylic acid groups (broad SMARTS) is 1. The van der Waals surface area contributed by atoms with E-state index in [-0.39, 0.29) is 5.92 Å². The summed E-state index contributed by atoms with van der Waals surface area (Å²) in [6.45, 7) is 5.71. The summed E-state index contributed by atoms with van der Waals surface area (Å²) in [6.07, 6.45) is 0.555. The van der Waals surface area contributed by atoms with E-state index in [1.807, 2.05) is 38.1 Å². The molecule has 1 rings (SSSR count). The molecule has 0 aliphatic rings. The van der Waals surface area contributed by atoms with Crippen molar-refractivity contribution in [3.8, 4) is 0 Å². The molecular formula is C13H17BrO2. The van der Waals surface area contributed by atoms with Crippen LogP contribution < -0.4 is 0 Å².